The summed E-state index contributed by atoms with van der Waals surface area (Å²) >= 11 is 12.4. The van der Waals surface area contributed by atoms with Crippen LogP contribution in [0.2, 0.25) is 10.0 Å². The third-order valence-corrected chi connectivity index (χ3v) is 5.16. The molecule has 0 bridgehead atoms. The van der Waals surface area contributed by atoms with Crippen LogP contribution in [0.15, 0.2) is 70.4 Å². The molecule has 0 amide bonds. The number of furan rings is 1. The lowest BCUT2D eigenvalue weighted by Crippen LogP contribution is -2.33. The molecular formula is C20H14Cl2N2O2. The molecule has 130 valence electrons. The Labute approximate surface area is 160 Å². The quantitative estimate of drug-likeness (QED) is 0.557. The fraction of sp³-hybridized carbons (Fsp3) is 0.150. The van der Waals surface area contributed by atoms with Gasteiger partial charge in [-0.15, -0.1) is 0 Å². The topological polar surface area (TPSA) is 38.0 Å². The lowest BCUT2D eigenvalue weighted by molar-refractivity contribution is -0.0190. The molecule has 2 aromatic carbocycles. The number of nitrogens with zero attached hydrogens (tertiary/aromatic N) is 2. The molecule has 1 aromatic heterocycles. The summed E-state index contributed by atoms with van der Waals surface area (Å²) in [5, 5.41) is 8.13. The van der Waals surface area contributed by atoms with Crippen LogP contribution in [-0.2, 0) is 0 Å². The number of hydrazone groups is 1. The predicted octanol–water partition coefficient (Wildman–Crippen LogP) is 5.83. The Balaban J connectivity index is 1.63. The van der Waals surface area contributed by atoms with E-state index in [2.05, 4.69) is 0 Å². The Bertz CT molecular complexity index is 1000. The molecule has 0 saturated heterocycles. The largest absolute Gasteiger partial charge is 0.464 e. The molecule has 0 fully saturated rings. The van der Waals surface area contributed by atoms with E-state index < -0.39 is 0 Å². The van der Waals surface area contributed by atoms with Crippen molar-refractivity contribution >= 4 is 28.9 Å². The van der Waals surface area contributed by atoms with E-state index in [9.17, 15) is 0 Å². The number of benzene rings is 2. The number of hydrogen-bond acceptors (Lipinski definition) is 4. The highest BCUT2D eigenvalue weighted by Gasteiger charge is 2.41. The highest BCUT2D eigenvalue weighted by atomic mass is 35.5. The van der Waals surface area contributed by atoms with E-state index in [1.165, 1.54) is 0 Å². The zero-order valence-electron chi connectivity index (χ0n) is 13.6. The first-order chi connectivity index (χ1) is 12.7. The molecule has 0 spiro atoms. The van der Waals surface area contributed by atoms with Crippen molar-refractivity contribution in [2.45, 2.75) is 18.7 Å². The SMILES string of the molecule is Clc1cccc([C@H]2Oc3ccc(Cl)cc3[C@H]3CC(c4ccco4)=NN32)c1. The third kappa shape index (κ3) is 2.57. The highest BCUT2D eigenvalue weighted by molar-refractivity contribution is 6.31. The van der Waals surface area contributed by atoms with Crippen molar-refractivity contribution in [2.75, 3.05) is 0 Å². The number of ether oxygens (including phenoxy) is 1. The van der Waals surface area contributed by atoms with Crippen molar-refractivity contribution in [3.8, 4) is 5.75 Å². The molecule has 3 aromatic rings. The van der Waals surface area contributed by atoms with Gasteiger partial charge in [-0.05, 0) is 42.5 Å². The summed E-state index contributed by atoms with van der Waals surface area (Å²) < 4.78 is 11.8. The van der Waals surface area contributed by atoms with E-state index in [0.29, 0.717) is 10.0 Å². The number of rotatable bonds is 2. The van der Waals surface area contributed by atoms with E-state index in [-0.39, 0.29) is 12.3 Å². The van der Waals surface area contributed by atoms with Crippen molar-refractivity contribution in [3.63, 3.8) is 0 Å². The maximum Gasteiger partial charge on any atom is 0.213 e. The van der Waals surface area contributed by atoms with E-state index in [4.69, 9.17) is 37.5 Å². The lowest BCUT2D eigenvalue weighted by Gasteiger charge is -2.38. The number of hydrogen-bond donors (Lipinski definition) is 0. The lowest BCUT2D eigenvalue weighted by atomic mass is 9.97. The fourth-order valence-electron chi connectivity index (χ4n) is 3.53. The van der Waals surface area contributed by atoms with Crippen LogP contribution in [0.5, 0.6) is 5.75 Å². The summed E-state index contributed by atoms with van der Waals surface area (Å²) in [5.74, 6) is 1.59. The first kappa shape index (κ1) is 15.8. The van der Waals surface area contributed by atoms with Gasteiger partial charge in [-0.25, -0.2) is 5.01 Å². The maximum atomic E-state index is 6.28. The van der Waals surface area contributed by atoms with Crippen LogP contribution in [-0.4, -0.2) is 10.7 Å². The summed E-state index contributed by atoms with van der Waals surface area (Å²) in [7, 11) is 0. The molecule has 0 unspecified atom stereocenters. The van der Waals surface area contributed by atoms with Gasteiger partial charge in [0.1, 0.15) is 17.2 Å². The number of halogens is 2. The van der Waals surface area contributed by atoms with Crippen LogP contribution >= 0.6 is 23.2 Å². The van der Waals surface area contributed by atoms with Gasteiger partial charge in [0.05, 0.1) is 12.3 Å². The van der Waals surface area contributed by atoms with Gasteiger partial charge in [0.25, 0.3) is 0 Å². The van der Waals surface area contributed by atoms with Crippen LogP contribution in [0.4, 0.5) is 0 Å². The minimum Gasteiger partial charge on any atom is -0.464 e. The van der Waals surface area contributed by atoms with Crippen LogP contribution < -0.4 is 4.74 Å². The summed E-state index contributed by atoms with van der Waals surface area (Å²) in [4.78, 5) is 0. The van der Waals surface area contributed by atoms with Crippen LogP contribution in [0.3, 0.4) is 0 Å². The second kappa shape index (κ2) is 6.08. The summed E-state index contributed by atoms with van der Waals surface area (Å²) in [6.07, 6.45) is 2.02. The second-order valence-corrected chi connectivity index (χ2v) is 7.20. The molecule has 26 heavy (non-hydrogen) atoms. The first-order valence-corrected chi connectivity index (χ1v) is 9.06. The molecule has 2 aliphatic heterocycles. The van der Waals surface area contributed by atoms with Gasteiger partial charge in [0, 0.05) is 27.6 Å². The molecule has 0 N–H and O–H groups in total. The predicted molar refractivity (Wildman–Crippen MR) is 101 cm³/mol. The van der Waals surface area contributed by atoms with E-state index in [1.54, 1.807) is 6.26 Å². The molecule has 0 aliphatic carbocycles. The molecule has 0 radical (unpaired) electrons. The van der Waals surface area contributed by atoms with Crippen LogP contribution in [0.1, 0.15) is 35.6 Å². The zero-order valence-corrected chi connectivity index (χ0v) is 15.1. The second-order valence-electron chi connectivity index (χ2n) is 6.33. The maximum absolute atomic E-state index is 6.28. The Morgan fingerprint density at radius 1 is 1.00 bits per heavy atom. The first-order valence-electron chi connectivity index (χ1n) is 8.30. The molecule has 4 nitrogen and oxygen atoms in total. The molecule has 0 saturated carbocycles. The van der Waals surface area contributed by atoms with E-state index >= 15 is 0 Å². The zero-order chi connectivity index (χ0) is 17.7. The van der Waals surface area contributed by atoms with Crippen molar-refractivity contribution in [1.29, 1.82) is 0 Å². The normalized spacial score (nSPS) is 21.0. The average Bonchev–Trinajstić information content (AvgIpc) is 3.31. The molecule has 6 heteroatoms. The van der Waals surface area contributed by atoms with Gasteiger partial charge >= 0.3 is 0 Å². The number of fused-ring (bicyclic) bond motifs is 3. The highest BCUT2D eigenvalue weighted by Crippen LogP contribution is 2.48. The Morgan fingerprint density at radius 3 is 2.69 bits per heavy atom. The van der Waals surface area contributed by atoms with Gasteiger partial charge in [-0.1, -0.05) is 35.3 Å². The Kier molecular flexibility index (Phi) is 3.69. The van der Waals surface area contributed by atoms with Crippen molar-refractivity contribution in [1.82, 2.24) is 5.01 Å². The van der Waals surface area contributed by atoms with Crippen molar-refractivity contribution in [3.05, 3.63) is 87.8 Å². The Morgan fingerprint density at radius 2 is 1.88 bits per heavy atom. The van der Waals surface area contributed by atoms with Gasteiger partial charge in [-0.2, -0.15) is 5.10 Å². The summed E-state index contributed by atoms with van der Waals surface area (Å²) in [6, 6.07) is 17.2. The monoisotopic (exact) mass is 384 g/mol. The average molecular weight is 385 g/mol. The molecule has 2 aliphatic rings. The molecule has 3 heterocycles. The minimum atomic E-state index is -0.361. The van der Waals surface area contributed by atoms with E-state index in [1.807, 2.05) is 59.6 Å². The summed E-state index contributed by atoms with van der Waals surface area (Å²) in [6.45, 7) is 0. The summed E-state index contributed by atoms with van der Waals surface area (Å²) in [5.41, 5.74) is 2.87. The van der Waals surface area contributed by atoms with Crippen LogP contribution in [0, 0.1) is 0 Å². The van der Waals surface area contributed by atoms with Crippen molar-refractivity contribution in [2.24, 2.45) is 5.10 Å². The third-order valence-electron chi connectivity index (χ3n) is 4.69. The standard InChI is InChI=1S/C20H14Cl2N2O2/c21-13-4-1-3-12(9-13)20-24-17(11-16(23-24)19-5-2-8-25-19)15-10-14(22)6-7-18(15)26-20/h1-10,17,20H,11H2/t17-,20-/m1/s1. The van der Waals surface area contributed by atoms with Crippen LogP contribution in [0.25, 0.3) is 0 Å². The molecular weight excluding hydrogens is 371 g/mol. The van der Waals surface area contributed by atoms with Gasteiger partial charge in [-0.3, -0.25) is 0 Å². The minimum absolute atomic E-state index is 0.0292. The van der Waals surface area contributed by atoms with Gasteiger partial charge in [0.15, 0.2) is 0 Å². The Hall–Kier alpha value is -2.43. The van der Waals surface area contributed by atoms with Gasteiger partial charge < -0.3 is 9.15 Å². The smallest absolute Gasteiger partial charge is 0.213 e. The van der Waals surface area contributed by atoms with Crippen molar-refractivity contribution < 1.29 is 9.15 Å². The fourth-order valence-corrected chi connectivity index (χ4v) is 3.91. The molecule has 5 rings (SSSR count). The van der Waals surface area contributed by atoms with Gasteiger partial charge in [0.2, 0.25) is 6.23 Å². The van der Waals surface area contributed by atoms with E-state index in [0.717, 1.165) is 34.8 Å². The molecule has 2 atom stereocenters.